The fraction of sp³-hybridized carbons (Fsp3) is 0.417. The molecule has 16 heavy (non-hydrogen) atoms. The van der Waals surface area contributed by atoms with Crippen LogP contribution < -0.4 is 11.1 Å². The van der Waals surface area contributed by atoms with Crippen molar-refractivity contribution < 1.29 is 4.79 Å². The van der Waals surface area contributed by atoms with Gasteiger partial charge in [-0.15, -0.1) is 0 Å². The molecule has 0 bridgehead atoms. The van der Waals surface area contributed by atoms with E-state index in [9.17, 15) is 4.79 Å². The van der Waals surface area contributed by atoms with Gasteiger partial charge < -0.3 is 11.1 Å². The summed E-state index contributed by atoms with van der Waals surface area (Å²) in [6, 6.07) is 5.75. The van der Waals surface area contributed by atoms with E-state index in [1.54, 1.807) is 0 Å². The van der Waals surface area contributed by atoms with Gasteiger partial charge in [-0.3, -0.25) is 4.79 Å². The summed E-state index contributed by atoms with van der Waals surface area (Å²) in [4.78, 5) is 11.7. The second-order valence-electron chi connectivity index (χ2n) is 3.93. The molecule has 0 spiro atoms. The zero-order chi connectivity index (χ0) is 12.1. The van der Waals surface area contributed by atoms with E-state index in [1.165, 1.54) is 0 Å². The maximum atomic E-state index is 11.7. The van der Waals surface area contributed by atoms with Crippen LogP contribution in [0.3, 0.4) is 0 Å². The van der Waals surface area contributed by atoms with Gasteiger partial charge in [0.2, 0.25) is 5.91 Å². The lowest BCUT2D eigenvalue weighted by Crippen LogP contribution is -2.22. The summed E-state index contributed by atoms with van der Waals surface area (Å²) < 4.78 is 1.04. The molecule has 0 saturated heterocycles. The summed E-state index contributed by atoms with van der Waals surface area (Å²) in [5.74, 6) is -0.0267. The van der Waals surface area contributed by atoms with Gasteiger partial charge in [0.05, 0.1) is 0 Å². The molecular formula is C12H17BrN2O. The number of anilines is 1. The minimum Gasteiger partial charge on any atom is -0.330 e. The predicted octanol–water partition coefficient (Wildman–Crippen LogP) is 2.68. The van der Waals surface area contributed by atoms with Gasteiger partial charge >= 0.3 is 0 Å². The number of amides is 1. The minimum absolute atomic E-state index is 0.0205. The molecule has 1 rings (SSSR count). The summed E-state index contributed by atoms with van der Waals surface area (Å²) in [7, 11) is 0. The number of hydrogen-bond acceptors (Lipinski definition) is 2. The average Bonchev–Trinajstić information content (AvgIpc) is 2.24. The highest BCUT2D eigenvalue weighted by Gasteiger charge is 2.11. The third kappa shape index (κ3) is 3.61. The molecule has 1 amide bonds. The Kier molecular flexibility index (Phi) is 4.96. The van der Waals surface area contributed by atoms with Crippen LogP contribution in [0.5, 0.6) is 0 Å². The number of halogens is 1. The van der Waals surface area contributed by atoms with Gasteiger partial charge in [0, 0.05) is 16.1 Å². The van der Waals surface area contributed by atoms with Crippen molar-refractivity contribution in [1.29, 1.82) is 0 Å². The Morgan fingerprint density at radius 2 is 2.25 bits per heavy atom. The largest absolute Gasteiger partial charge is 0.330 e. The topological polar surface area (TPSA) is 55.1 Å². The first-order chi connectivity index (χ1) is 7.54. The van der Waals surface area contributed by atoms with Gasteiger partial charge in [-0.25, -0.2) is 0 Å². The first-order valence-corrected chi connectivity index (χ1v) is 6.11. The van der Waals surface area contributed by atoms with E-state index >= 15 is 0 Å². The second-order valence-corrected chi connectivity index (χ2v) is 4.79. The summed E-state index contributed by atoms with van der Waals surface area (Å²) in [6.45, 7) is 4.41. The molecule has 1 aromatic rings. The van der Waals surface area contributed by atoms with Crippen LogP contribution >= 0.6 is 15.9 Å². The van der Waals surface area contributed by atoms with Crippen LogP contribution in [0.15, 0.2) is 22.7 Å². The van der Waals surface area contributed by atoms with Gasteiger partial charge in [-0.05, 0) is 43.7 Å². The zero-order valence-electron chi connectivity index (χ0n) is 9.59. The third-order valence-electron chi connectivity index (χ3n) is 2.47. The molecule has 0 heterocycles. The number of carbonyl (C=O) groups excluding carboxylic acids is 1. The van der Waals surface area contributed by atoms with Crippen molar-refractivity contribution >= 4 is 27.5 Å². The molecule has 0 aliphatic heterocycles. The van der Waals surface area contributed by atoms with Crippen LogP contribution in [0.25, 0.3) is 0 Å². The van der Waals surface area contributed by atoms with Crippen LogP contribution in [-0.4, -0.2) is 12.5 Å². The molecule has 1 unspecified atom stereocenters. The summed E-state index contributed by atoms with van der Waals surface area (Å²) in [5.41, 5.74) is 7.35. The quantitative estimate of drug-likeness (QED) is 0.893. The summed E-state index contributed by atoms with van der Waals surface area (Å²) in [6.07, 6.45) is 0.710. The van der Waals surface area contributed by atoms with Crippen molar-refractivity contribution in [2.45, 2.75) is 20.3 Å². The molecule has 0 aromatic heterocycles. The van der Waals surface area contributed by atoms with Gasteiger partial charge in [-0.2, -0.15) is 0 Å². The zero-order valence-corrected chi connectivity index (χ0v) is 11.2. The Bertz CT molecular complexity index is 379. The van der Waals surface area contributed by atoms with E-state index in [-0.39, 0.29) is 11.8 Å². The van der Waals surface area contributed by atoms with Crippen LogP contribution in [0.2, 0.25) is 0 Å². The van der Waals surface area contributed by atoms with Crippen molar-refractivity contribution in [3.8, 4) is 0 Å². The van der Waals surface area contributed by atoms with Crippen LogP contribution in [0.4, 0.5) is 5.69 Å². The van der Waals surface area contributed by atoms with E-state index in [0.717, 1.165) is 15.7 Å². The highest BCUT2D eigenvalue weighted by atomic mass is 79.9. The molecule has 0 saturated carbocycles. The fourth-order valence-electron chi connectivity index (χ4n) is 1.37. The Labute approximate surface area is 105 Å². The number of aryl methyl sites for hydroxylation is 1. The standard InChI is InChI=1S/C12H17BrN2O/c1-8(5-6-14)12(16)15-10-3-4-11(13)9(2)7-10/h3-4,7-8H,5-6,14H2,1-2H3,(H,15,16). The monoisotopic (exact) mass is 284 g/mol. The van der Waals surface area contributed by atoms with Crippen LogP contribution in [-0.2, 0) is 4.79 Å². The van der Waals surface area contributed by atoms with Gasteiger partial charge in [0.1, 0.15) is 0 Å². The van der Waals surface area contributed by atoms with E-state index < -0.39 is 0 Å². The molecule has 0 aliphatic rings. The molecule has 88 valence electrons. The normalized spacial score (nSPS) is 12.2. The van der Waals surface area contributed by atoms with Gasteiger partial charge in [0.25, 0.3) is 0 Å². The number of nitrogens with two attached hydrogens (primary N) is 1. The lowest BCUT2D eigenvalue weighted by Gasteiger charge is -2.11. The average molecular weight is 285 g/mol. The third-order valence-corrected chi connectivity index (χ3v) is 3.36. The smallest absolute Gasteiger partial charge is 0.227 e. The summed E-state index contributed by atoms with van der Waals surface area (Å²) >= 11 is 3.42. The number of nitrogens with one attached hydrogen (secondary N) is 1. The van der Waals surface area contributed by atoms with Crippen LogP contribution in [0.1, 0.15) is 18.9 Å². The highest BCUT2D eigenvalue weighted by molar-refractivity contribution is 9.10. The molecule has 1 aromatic carbocycles. The molecule has 1 atom stereocenters. The maximum absolute atomic E-state index is 11.7. The molecule has 0 aliphatic carbocycles. The fourth-order valence-corrected chi connectivity index (χ4v) is 1.62. The lowest BCUT2D eigenvalue weighted by molar-refractivity contribution is -0.119. The van der Waals surface area contributed by atoms with Crippen LogP contribution in [0, 0.1) is 12.8 Å². The number of benzene rings is 1. The molecule has 3 N–H and O–H groups in total. The Morgan fingerprint density at radius 3 is 2.81 bits per heavy atom. The lowest BCUT2D eigenvalue weighted by atomic mass is 10.1. The van der Waals surface area contributed by atoms with Crippen molar-refractivity contribution in [2.75, 3.05) is 11.9 Å². The van der Waals surface area contributed by atoms with Crippen molar-refractivity contribution in [3.05, 3.63) is 28.2 Å². The highest BCUT2D eigenvalue weighted by Crippen LogP contribution is 2.20. The number of rotatable bonds is 4. The molecule has 0 radical (unpaired) electrons. The molecule has 3 nitrogen and oxygen atoms in total. The minimum atomic E-state index is -0.0473. The summed E-state index contributed by atoms with van der Waals surface area (Å²) in [5, 5.41) is 2.88. The first-order valence-electron chi connectivity index (χ1n) is 5.31. The van der Waals surface area contributed by atoms with Crippen molar-refractivity contribution in [3.63, 3.8) is 0 Å². The Hall–Kier alpha value is -0.870. The molecule has 0 fully saturated rings. The van der Waals surface area contributed by atoms with Crippen molar-refractivity contribution in [2.24, 2.45) is 11.7 Å². The van der Waals surface area contributed by atoms with Gasteiger partial charge in [0.15, 0.2) is 0 Å². The first kappa shape index (κ1) is 13.2. The molecular weight excluding hydrogens is 268 g/mol. The van der Waals surface area contributed by atoms with Gasteiger partial charge in [-0.1, -0.05) is 22.9 Å². The van der Waals surface area contributed by atoms with E-state index in [2.05, 4.69) is 21.2 Å². The Balaban J connectivity index is 2.66. The maximum Gasteiger partial charge on any atom is 0.227 e. The van der Waals surface area contributed by atoms with E-state index in [1.807, 2.05) is 32.0 Å². The number of carbonyl (C=O) groups is 1. The molecule has 4 heteroatoms. The van der Waals surface area contributed by atoms with E-state index in [4.69, 9.17) is 5.73 Å². The second kappa shape index (κ2) is 6.01. The SMILES string of the molecule is Cc1cc(NC(=O)C(C)CCN)ccc1Br. The number of hydrogen-bond donors (Lipinski definition) is 2. The van der Waals surface area contributed by atoms with Crippen molar-refractivity contribution in [1.82, 2.24) is 0 Å². The van der Waals surface area contributed by atoms with E-state index in [0.29, 0.717) is 13.0 Å². The Morgan fingerprint density at radius 1 is 1.56 bits per heavy atom. The predicted molar refractivity (Wildman–Crippen MR) is 70.3 cm³/mol.